The topological polar surface area (TPSA) is 139 Å². The van der Waals surface area contributed by atoms with Gasteiger partial charge in [0.25, 0.3) is 11.5 Å². The van der Waals surface area contributed by atoms with Gasteiger partial charge in [0.2, 0.25) is 11.6 Å². The van der Waals surface area contributed by atoms with Crippen molar-refractivity contribution in [1.82, 2.24) is 29.1 Å². The monoisotopic (exact) mass is 325 g/mol. The highest BCUT2D eigenvalue weighted by Crippen LogP contribution is 2.26. The smallest absolute Gasteiger partial charge is 0.298 e. The van der Waals surface area contributed by atoms with Gasteiger partial charge in [-0.05, 0) is 6.07 Å². The zero-order valence-corrected chi connectivity index (χ0v) is 12.7. The van der Waals surface area contributed by atoms with Gasteiger partial charge in [-0.1, -0.05) is 0 Å². The van der Waals surface area contributed by atoms with Gasteiger partial charge in [0.15, 0.2) is 5.82 Å². The summed E-state index contributed by atoms with van der Waals surface area (Å²) in [7, 11) is 2.97. The predicted octanol–water partition coefficient (Wildman–Crippen LogP) is 0.692. The van der Waals surface area contributed by atoms with E-state index in [1.165, 1.54) is 46.7 Å². The summed E-state index contributed by atoms with van der Waals surface area (Å²) < 4.78 is 3.61. The normalized spacial score (nSPS) is 11.0. The molecule has 3 heterocycles. The van der Waals surface area contributed by atoms with Crippen molar-refractivity contribution in [3.63, 3.8) is 0 Å². The molecule has 0 bridgehead atoms. The molecule has 0 radical (unpaired) electrons. The summed E-state index contributed by atoms with van der Waals surface area (Å²) >= 11 is 0. The number of hydrogen-bond donors (Lipinski definition) is 1. The number of rotatable bonds is 3. The SMILES string of the molecule is Cn1c(O)c(N=Nc2c(C#N)cnn2-c2ncccn2)c(=O)n1C. The molecule has 0 spiro atoms. The maximum Gasteiger partial charge on any atom is 0.298 e. The third-order valence-corrected chi connectivity index (χ3v) is 3.32. The average Bonchev–Trinajstić information content (AvgIpc) is 3.10. The van der Waals surface area contributed by atoms with Crippen LogP contribution in [0.5, 0.6) is 5.88 Å². The van der Waals surface area contributed by atoms with Crippen molar-refractivity contribution >= 4 is 11.5 Å². The number of nitrogens with zero attached hydrogens (tertiary/aromatic N) is 9. The number of aromatic nitrogens is 6. The Morgan fingerprint density at radius 3 is 2.50 bits per heavy atom. The van der Waals surface area contributed by atoms with Crippen molar-refractivity contribution in [3.05, 3.63) is 40.6 Å². The predicted molar refractivity (Wildman–Crippen MR) is 80.4 cm³/mol. The molecule has 0 atom stereocenters. The Morgan fingerprint density at radius 1 is 1.21 bits per heavy atom. The molecule has 0 aromatic carbocycles. The first kappa shape index (κ1) is 15.1. The molecule has 0 aliphatic heterocycles. The Kier molecular flexibility index (Phi) is 3.63. The van der Waals surface area contributed by atoms with E-state index in [9.17, 15) is 9.90 Å². The zero-order valence-electron chi connectivity index (χ0n) is 12.7. The average molecular weight is 325 g/mol. The van der Waals surface area contributed by atoms with Crippen molar-refractivity contribution in [1.29, 1.82) is 5.26 Å². The first-order valence-electron chi connectivity index (χ1n) is 6.66. The van der Waals surface area contributed by atoms with Crippen LogP contribution in [0.25, 0.3) is 5.95 Å². The molecule has 1 N–H and O–H groups in total. The summed E-state index contributed by atoms with van der Waals surface area (Å²) in [5, 5.41) is 30.8. The molecular weight excluding hydrogens is 314 g/mol. The van der Waals surface area contributed by atoms with Crippen molar-refractivity contribution in [2.24, 2.45) is 24.3 Å². The second-order valence-electron chi connectivity index (χ2n) is 4.68. The summed E-state index contributed by atoms with van der Waals surface area (Å²) in [5.74, 6) is -0.0982. The van der Waals surface area contributed by atoms with Crippen LogP contribution in [0.2, 0.25) is 0 Å². The molecule has 0 aliphatic carbocycles. The lowest BCUT2D eigenvalue weighted by Crippen LogP contribution is -2.16. The quantitative estimate of drug-likeness (QED) is 0.703. The molecule has 0 saturated carbocycles. The molecule has 0 fully saturated rings. The Hall–Kier alpha value is -3.81. The third kappa shape index (κ3) is 2.31. The van der Waals surface area contributed by atoms with E-state index in [2.05, 4.69) is 25.3 Å². The lowest BCUT2D eigenvalue weighted by molar-refractivity contribution is 0.398. The fourth-order valence-corrected chi connectivity index (χ4v) is 1.93. The Bertz CT molecular complexity index is 1020. The number of aromatic hydroxyl groups is 1. The number of nitriles is 1. The van der Waals surface area contributed by atoms with E-state index >= 15 is 0 Å². The van der Waals surface area contributed by atoms with Gasteiger partial charge in [-0.25, -0.2) is 14.6 Å². The van der Waals surface area contributed by atoms with Crippen LogP contribution >= 0.6 is 0 Å². The van der Waals surface area contributed by atoms with Gasteiger partial charge in [-0.2, -0.15) is 15.0 Å². The van der Waals surface area contributed by atoms with Crippen LogP contribution in [-0.4, -0.2) is 34.2 Å². The molecule has 3 rings (SSSR count). The van der Waals surface area contributed by atoms with Crippen molar-refractivity contribution < 1.29 is 5.11 Å². The van der Waals surface area contributed by atoms with E-state index in [0.29, 0.717) is 0 Å². The second-order valence-corrected chi connectivity index (χ2v) is 4.68. The van der Waals surface area contributed by atoms with Gasteiger partial charge in [0.05, 0.1) is 6.20 Å². The minimum Gasteiger partial charge on any atom is -0.492 e. The van der Waals surface area contributed by atoms with E-state index in [1.54, 1.807) is 6.07 Å². The standard InChI is InChI=1S/C13H11N9O2/c1-20-11(23)9(12(24)21(20)2)18-19-10-8(6-14)7-17-22(10)13-15-4-3-5-16-13/h3-5,7,23H,1-2H3. The number of azo groups is 1. The largest absolute Gasteiger partial charge is 0.492 e. The van der Waals surface area contributed by atoms with Crippen LogP contribution in [0.15, 0.2) is 39.7 Å². The van der Waals surface area contributed by atoms with Crippen LogP contribution < -0.4 is 5.56 Å². The van der Waals surface area contributed by atoms with Gasteiger partial charge in [-0.3, -0.25) is 9.48 Å². The van der Waals surface area contributed by atoms with Gasteiger partial charge >= 0.3 is 0 Å². The van der Waals surface area contributed by atoms with Crippen molar-refractivity contribution in [2.75, 3.05) is 0 Å². The highest BCUT2D eigenvalue weighted by Gasteiger charge is 2.17. The lowest BCUT2D eigenvalue weighted by Gasteiger charge is -2.00. The molecule has 11 heteroatoms. The van der Waals surface area contributed by atoms with E-state index in [4.69, 9.17) is 5.26 Å². The van der Waals surface area contributed by atoms with Crippen LogP contribution in [0, 0.1) is 11.3 Å². The molecule has 0 unspecified atom stereocenters. The molecule has 120 valence electrons. The maximum absolute atomic E-state index is 12.0. The van der Waals surface area contributed by atoms with Crippen LogP contribution in [0.1, 0.15) is 5.56 Å². The van der Waals surface area contributed by atoms with Gasteiger partial charge in [0, 0.05) is 26.5 Å². The molecule has 11 nitrogen and oxygen atoms in total. The lowest BCUT2D eigenvalue weighted by atomic mass is 10.4. The second kappa shape index (κ2) is 5.76. The molecule has 0 aliphatic rings. The maximum atomic E-state index is 12.0. The highest BCUT2D eigenvalue weighted by atomic mass is 16.3. The molecule has 0 saturated heterocycles. The molecule has 3 aromatic rings. The van der Waals surface area contributed by atoms with E-state index in [-0.39, 0.29) is 28.9 Å². The minimum atomic E-state index is -0.528. The summed E-state index contributed by atoms with van der Waals surface area (Å²) in [5.41, 5.74) is -0.650. The van der Waals surface area contributed by atoms with Gasteiger partial charge in [0.1, 0.15) is 11.6 Å². The Morgan fingerprint density at radius 2 is 1.92 bits per heavy atom. The first-order chi connectivity index (χ1) is 11.5. The molecular formula is C13H11N9O2. The number of hydrogen-bond acceptors (Lipinski definition) is 8. The summed E-state index contributed by atoms with van der Waals surface area (Å²) in [6.45, 7) is 0. The van der Waals surface area contributed by atoms with Crippen LogP contribution in [0.3, 0.4) is 0 Å². The summed E-state index contributed by atoms with van der Waals surface area (Å²) in [6, 6.07) is 3.55. The van der Waals surface area contributed by atoms with Crippen LogP contribution in [0.4, 0.5) is 11.5 Å². The van der Waals surface area contributed by atoms with E-state index in [0.717, 1.165) is 0 Å². The first-order valence-corrected chi connectivity index (χ1v) is 6.66. The minimum absolute atomic E-state index is 0.0500. The van der Waals surface area contributed by atoms with E-state index < -0.39 is 5.56 Å². The van der Waals surface area contributed by atoms with E-state index in [1.807, 2.05) is 6.07 Å². The fourth-order valence-electron chi connectivity index (χ4n) is 1.93. The van der Waals surface area contributed by atoms with Gasteiger partial charge < -0.3 is 5.11 Å². The zero-order chi connectivity index (χ0) is 17.3. The highest BCUT2D eigenvalue weighted by molar-refractivity contribution is 5.51. The third-order valence-electron chi connectivity index (χ3n) is 3.32. The summed E-state index contributed by atoms with van der Waals surface area (Å²) in [4.78, 5) is 20.0. The van der Waals surface area contributed by atoms with Crippen molar-refractivity contribution in [3.8, 4) is 17.9 Å². The Balaban J connectivity index is 2.12. The summed E-state index contributed by atoms with van der Waals surface area (Å²) in [6.07, 6.45) is 4.30. The van der Waals surface area contributed by atoms with Crippen molar-refractivity contribution in [2.45, 2.75) is 0 Å². The molecule has 0 amide bonds. The van der Waals surface area contributed by atoms with Crippen LogP contribution in [-0.2, 0) is 14.1 Å². The molecule has 24 heavy (non-hydrogen) atoms. The van der Waals surface area contributed by atoms with Gasteiger partial charge in [-0.15, -0.1) is 10.2 Å². The Labute approximate surface area is 134 Å². The molecule has 3 aromatic heterocycles. The fraction of sp³-hybridized carbons (Fsp3) is 0.154.